The van der Waals surface area contributed by atoms with Crippen LogP contribution >= 0.6 is 0 Å². The number of phenols is 1. The van der Waals surface area contributed by atoms with Gasteiger partial charge < -0.3 is 10.2 Å². The number of anilines is 1. The Morgan fingerprint density at radius 1 is 0.906 bits per heavy atom. The number of carbonyl (C=O) groups excluding carboxylic acids is 1. The van der Waals surface area contributed by atoms with E-state index in [-0.39, 0.29) is 23.9 Å². The summed E-state index contributed by atoms with van der Waals surface area (Å²) in [5, 5.41) is 21.6. The van der Waals surface area contributed by atoms with Crippen molar-refractivity contribution in [3.63, 3.8) is 0 Å². The fourth-order valence-electron chi connectivity index (χ4n) is 4.01. The number of aliphatic hydroxyl groups is 1. The minimum absolute atomic E-state index is 0.0373. The van der Waals surface area contributed by atoms with E-state index in [1.54, 1.807) is 6.07 Å². The van der Waals surface area contributed by atoms with Crippen molar-refractivity contribution in [3.8, 4) is 5.75 Å². The lowest BCUT2D eigenvalue weighted by Gasteiger charge is -2.24. The molecular formula is C24H24N2O5S. The van der Waals surface area contributed by atoms with Crippen molar-refractivity contribution in [2.45, 2.75) is 18.9 Å². The standard InChI is InChI=1S/C24H24N2O5S/c27-22-15-18(11-12-21(22)26-16-23(28)25-32(26,30)31)14-20(13-17-7-3-1-4-8-17)24(29)19-9-5-2-6-10-19/h1-12,15,20,24,27,29H,13-14,16H2,(H,25,28). The maximum absolute atomic E-state index is 12.1. The van der Waals surface area contributed by atoms with Crippen LogP contribution in [-0.2, 0) is 27.8 Å². The fraction of sp³-hybridized carbons (Fsp3) is 0.208. The number of nitrogens with zero attached hydrogens (tertiary/aromatic N) is 1. The largest absolute Gasteiger partial charge is 0.506 e. The molecule has 0 aromatic heterocycles. The van der Waals surface area contributed by atoms with Crippen LogP contribution < -0.4 is 9.03 Å². The lowest BCUT2D eigenvalue weighted by molar-refractivity contribution is -0.117. The van der Waals surface area contributed by atoms with Crippen LogP contribution in [0.1, 0.15) is 22.8 Å². The number of benzene rings is 3. The van der Waals surface area contributed by atoms with Gasteiger partial charge in [-0.25, -0.2) is 9.03 Å². The summed E-state index contributed by atoms with van der Waals surface area (Å²) < 4.78 is 26.9. The highest BCUT2D eigenvalue weighted by Gasteiger charge is 2.35. The Labute approximate surface area is 187 Å². The van der Waals surface area contributed by atoms with Crippen LogP contribution in [0.2, 0.25) is 0 Å². The summed E-state index contributed by atoms with van der Waals surface area (Å²) in [5.41, 5.74) is 2.68. The van der Waals surface area contributed by atoms with Gasteiger partial charge in [-0.3, -0.25) is 4.79 Å². The topological polar surface area (TPSA) is 107 Å². The van der Waals surface area contributed by atoms with Crippen LogP contribution in [0.4, 0.5) is 5.69 Å². The molecule has 3 aromatic carbocycles. The van der Waals surface area contributed by atoms with Crippen molar-refractivity contribution in [3.05, 3.63) is 95.6 Å². The van der Waals surface area contributed by atoms with Gasteiger partial charge in [0.25, 0.3) is 5.91 Å². The third-order valence-electron chi connectivity index (χ3n) is 5.55. The number of phenolic OH excluding ortho intramolecular Hbond substituents is 1. The van der Waals surface area contributed by atoms with E-state index in [4.69, 9.17) is 0 Å². The summed E-state index contributed by atoms with van der Waals surface area (Å²) >= 11 is 0. The lowest BCUT2D eigenvalue weighted by Crippen LogP contribution is -2.29. The summed E-state index contributed by atoms with van der Waals surface area (Å²) in [6, 6.07) is 24.0. The zero-order valence-electron chi connectivity index (χ0n) is 17.3. The maximum atomic E-state index is 12.1. The highest BCUT2D eigenvalue weighted by molar-refractivity contribution is 7.92. The molecule has 32 heavy (non-hydrogen) atoms. The maximum Gasteiger partial charge on any atom is 0.326 e. The van der Waals surface area contributed by atoms with Crippen molar-refractivity contribution in [2.75, 3.05) is 10.8 Å². The molecule has 0 radical (unpaired) electrons. The first-order valence-electron chi connectivity index (χ1n) is 10.3. The quantitative estimate of drug-likeness (QED) is 0.511. The van der Waals surface area contributed by atoms with Gasteiger partial charge in [-0.1, -0.05) is 66.7 Å². The van der Waals surface area contributed by atoms with Crippen LogP contribution in [0, 0.1) is 5.92 Å². The number of carbonyl (C=O) groups is 1. The van der Waals surface area contributed by atoms with Gasteiger partial charge in [0, 0.05) is 0 Å². The second-order valence-electron chi connectivity index (χ2n) is 7.87. The normalized spacial score (nSPS) is 17.0. The number of hydrogen-bond donors (Lipinski definition) is 3. The van der Waals surface area contributed by atoms with Gasteiger partial charge in [-0.15, -0.1) is 0 Å². The second-order valence-corrected chi connectivity index (χ2v) is 9.46. The van der Waals surface area contributed by atoms with Crippen molar-refractivity contribution in [1.29, 1.82) is 0 Å². The predicted octanol–water partition coefficient (Wildman–Crippen LogP) is 2.71. The SMILES string of the molecule is O=C1CN(c2ccc(CC(Cc3ccccc3)C(O)c3ccccc3)cc2O)S(=O)(=O)N1. The van der Waals surface area contributed by atoms with E-state index in [0.717, 1.165) is 21.0 Å². The highest BCUT2D eigenvalue weighted by atomic mass is 32.2. The van der Waals surface area contributed by atoms with Crippen LogP contribution in [0.5, 0.6) is 5.75 Å². The zero-order valence-corrected chi connectivity index (χ0v) is 18.1. The molecule has 0 aliphatic carbocycles. The molecule has 2 atom stereocenters. The third kappa shape index (κ3) is 4.76. The van der Waals surface area contributed by atoms with Gasteiger partial charge in [0.15, 0.2) is 0 Å². The van der Waals surface area contributed by atoms with Gasteiger partial charge in [0.2, 0.25) is 0 Å². The first-order valence-corrected chi connectivity index (χ1v) is 11.7. The molecule has 1 aliphatic rings. The minimum Gasteiger partial charge on any atom is -0.506 e. The van der Waals surface area contributed by atoms with Gasteiger partial charge in [-0.05, 0) is 47.6 Å². The fourth-order valence-corrected chi connectivity index (χ4v) is 5.17. The number of amides is 1. The second kappa shape index (κ2) is 9.02. The van der Waals surface area contributed by atoms with Gasteiger partial charge >= 0.3 is 10.2 Å². The summed E-state index contributed by atoms with van der Waals surface area (Å²) in [6.07, 6.45) is 0.361. The van der Waals surface area contributed by atoms with Gasteiger partial charge in [0.1, 0.15) is 12.3 Å². The van der Waals surface area contributed by atoms with E-state index in [2.05, 4.69) is 0 Å². The van der Waals surface area contributed by atoms with Crippen LogP contribution in [0.3, 0.4) is 0 Å². The Bertz CT molecular complexity index is 1200. The number of hydrogen-bond acceptors (Lipinski definition) is 5. The molecule has 0 spiro atoms. The van der Waals surface area contributed by atoms with Crippen molar-refractivity contribution in [2.24, 2.45) is 5.92 Å². The average molecular weight is 453 g/mol. The Kier molecular flexibility index (Phi) is 6.16. The van der Waals surface area contributed by atoms with Crippen molar-refractivity contribution >= 4 is 21.8 Å². The molecule has 166 valence electrons. The summed E-state index contributed by atoms with van der Waals surface area (Å²) in [5.74, 6) is -1.07. The van der Waals surface area contributed by atoms with Crippen LogP contribution in [0.25, 0.3) is 0 Å². The van der Waals surface area contributed by atoms with Gasteiger partial charge in [0.05, 0.1) is 11.8 Å². The molecule has 1 aliphatic heterocycles. The molecule has 0 saturated carbocycles. The van der Waals surface area contributed by atoms with E-state index in [1.807, 2.05) is 65.4 Å². The minimum atomic E-state index is -4.00. The molecule has 4 rings (SSSR count). The van der Waals surface area contributed by atoms with Crippen molar-refractivity contribution in [1.82, 2.24) is 4.72 Å². The van der Waals surface area contributed by atoms with E-state index >= 15 is 0 Å². The Balaban J connectivity index is 1.60. The van der Waals surface area contributed by atoms with Crippen LogP contribution in [-0.4, -0.2) is 31.1 Å². The Hall–Kier alpha value is -3.36. The zero-order chi connectivity index (χ0) is 22.7. The average Bonchev–Trinajstić information content (AvgIpc) is 3.06. The Morgan fingerprint density at radius 3 is 2.12 bits per heavy atom. The molecule has 8 heteroatoms. The molecule has 3 aromatic rings. The molecule has 1 heterocycles. The lowest BCUT2D eigenvalue weighted by atomic mass is 9.85. The summed E-state index contributed by atoms with van der Waals surface area (Å²) in [7, 11) is -4.00. The molecular weight excluding hydrogens is 428 g/mol. The van der Waals surface area contributed by atoms with E-state index < -0.39 is 22.2 Å². The van der Waals surface area contributed by atoms with Gasteiger partial charge in [-0.2, -0.15) is 8.42 Å². The molecule has 0 bridgehead atoms. The molecule has 3 N–H and O–H groups in total. The number of aliphatic hydroxyl groups excluding tert-OH is 1. The summed E-state index contributed by atoms with van der Waals surface area (Å²) in [4.78, 5) is 11.5. The molecule has 2 unspecified atom stereocenters. The predicted molar refractivity (Wildman–Crippen MR) is 121 cm³/mol. The molecule has 7 nitrogen and oxygen atoms in total. The highest BCUT2D eigenvalue weighted by Crippen LogP contribution is 2.34. The van der Waals surface area contributed by atoms with E-state index in [1.165, 1.54) is 12.1 Å². The summed E-state index contributed by atoms with van der Waals surface area (Å²) in [6.45, 7) is -0.376. The number of nitrogens with one attached hydrogen (secondary N) is 1. The number of aromatic hydroxyl groups is 1. The monoisotopic (exact) mass is 452 g/mol. The molecule has 1 amide bonds. The van der Waals surface area contributed by atoms with E-state index in [0.29, 0.717) is 12.8 Å². The van der Waals surface area contributed by atoms with Crippen LogP contribution in [0.15, 0.2) is 78.9 Å². The Morgan fingerprint density at radius 2 is 1.53 bits per heavy atom. The first-order chi connectivity index (χ1) is 15.3. The van der Waals surface area contributed by atoms with E-state index in [9.17, 15) is 23.4 Å². The first kappa shape index (κ1) is 21.9. The molecule has 1 fully saturated rings. The molecule has 1 saturated heterocycles. The van der Waals surface area contributed by atoms with Crippen molar-refractivity contribution < 1.29 is 23.4 Å². The smallest absolute Gasteiger partial charge is 0.326 e. The number of rotatable bonds is 7. The third-order valence-corrected chi connectivity index (χ3v) is 6.95.